The first-order valence-electron chi connectivity index (χ1n) is 9.27. The number of fused-ring (bicyclic) bond motifs is 2. The van der Waals surface area contributed by atoms with Gasteiger partial charge in [-0.15, -0.1) is 0 Å². The van der Waals surface area contributed by atoms with Crippen molar-refractivity contribution in [2.75, 3.05) is 0 Å². The number of hydrogen-bond donors (Lipinski definition) is 1. The van der Waals surface area contributed by atoms with Gasteiger partial charge in [0, 0.05) is 24.2 Å². The van der Waals surface area contributed by atoms with Gasteiger partial charge in [0.15, 0.2) is 0 Å². The number of piperidine rings is 1. The second kappa shape index (κ2) is 6.83. The van der Waals surface area contributed by atoms with Gasteiger partial charge < -0.3 is 5.11 Å². The molecule has 0 saturated carbocycles. The zero-order chi connectivity index (χ0) is 18.1. The third kappa shape index (κ3) is 3.13. The lowest BCUT2D eigenvalue weighted by molar-refractivity contribution is -0.0595. The van der Waals surface area contributed by atoms with E-state index in [0.717, 1.165) is 24.9 Å². The van der Waals surface area contributed by atoms with Gasteiger partial charge in [-0.25, -0.2) is 4.39 Å². The summed E-state index contributed by atoms with van der Waals surface area (Å²) in [6.07, 6.45) is 3.53. The van der Waals surface area contributed by atoms with E-state index in [1.54, 1.807) is 12.1 Å². The molecule has 2 fully saturated rings. The van der Waals surface area contributed by atoms with Crippen LogP contribution in [0.3, 0.4) is 0 Å². The van der Waals surface area contributed by atoms with E-state index < -0.39 is 5.60 Å². The number of nitriles is 1. The molecule has 2 aromatic carbocycles. The minimum atomic E-state index is -0.934. The molecule has 0 amide bonds. The number of nitrogens with zero attached hydrogens (tertiary/aromatic N) is 2. The first kappa shape index (κ1) is 17.2. The van der Waals surface area contributed by atoms with Crippen LogP contribution in [0.15, 0.2) is 48.5 Å². The molecule has 4 heteroatoms. The van der Waals surface area contributed by atoms with Crippen LogP contribution in [0.2, 0.25) is 0 Å². The minimum Gasteiger partial charge on any atom is -0.385 e. The molecule has 0 spiro atoms. The van der Waals surface area contributed by atoms with Crippen LogP contribution in [0.25, 0.3) is 0 Å². The van der Waals surface area contributed by atoms with Crippen LogP contribution in [0.1, 0.15) is 42.4 Å². The molecular weight excluding hydrogens is 327 g/mol. The van der Waals surface area contributed by atoms with E-state index in [4.69, 9.17) is 5.26 Å². The number of rotatable bonds is 4. The molecule has 0 radical (unpaired) electrons. The molecule has 2 atom stereocenters. The zero-order valence-electron chi connectivity index (χ0n) is 14.7. The fourth-order valence-corrected chi connectivity index (χ4v) is 4.69. The van der Waals surface area contributed by atoms with Gasteiger partial charge in [-0.05, 0) is 48.9 Å². The average molecular weight is 350 g/mol. The Hall–Kier alpha value is -2.22. The number of halogens is 1. The molecule has 2 aliphatic heterocycles. The van der Waals surface area contributed by atoms with E-state index in [2.05, 4.69) is 29.2 Å². The van der Waals surface area contributed by atoms with Crippen molar-refractivity contribution in [3.63, 3.8) is 0 Å². The molecular formula is C22H23FN2O. The normalized spacial score (nSPS) is 28.0. The lowest BCUT2D eigenvalue weighted by Gasteiger charge is -2.44. The molecule has 134 valence electrons. The highest BCUT2D eigenvalue weighted by atomic mass is 19.1. The van der Waals surface area contributed by atoms with Crippen LogP contribution in [0.5, 0.6) is 0 Å². The highest BCUT2D eigenvalue weighted by Crippen LogP contribution is 2.46. The first-order chi connectivity index (χ1) is 12.6. The van der Waals surface area contributed by atoms with Crippen molar-refractivity contribution in [2.24, 2.45) is 0 Å². The fourth-order valence-electron chi connectivity index (χ4n) is 4.69. The Balaban J connectivity index is 1.56. The number of aliphatic hydroxyl groups is 1. The molecule has 2 unspecified atom stereocenters. The molecule has 2 aromatic rings. The van der Waals surface area contributed by atoms with Crippen LogP contribution in [-0.2, 0) is 18.6 Å². The summed E-state index contributed by atoms with van der Waals surface area (Å²) in [5, 5.41) is 20.3. The Morgan fingerprint density at radius 3 is 2.46 bits per heavy atom. The summed E-state index contributed by atoms with van der Waals surface area (Å²) in [6, 6.07) is 17.9. The van der Waals surface area contributed by atoms with Crippen molar-refractivity contribution in [1.82, 2.24) is 4.90 Å². The Kier molecular flexibility index (Phi) is 4.52. The van der Waals surface area contributed by atoms with Crippen LogP contribution in [0, 0.1) is 17.1 Å². The maximum Gasteiger partial charge on any atom is 0.127 e. The average Bonchev–Trinajstić information content (AvgIpc) is 2.88. The van der Waals surface area contributed by atoms with Gasteiger partial charge in [0.1, 0.15) is 5.82 Å². The van der Waals surface area contributed by atoms with Gasteiger partial charge in [0.05, 0.1) is 18.1 Å². The SMILES string of the molecule is N#CCc1cc(C2(O)CC3CCC(C2)N3Cc2ccccc2)ccc1F. The number of hydrogen-bond acceptors (Lipinski definition) is 3. The molecule has 2 bridgehead atoms. The van der Waals surface area contributed by atoms with Crippen molar-refractivity contribution in [3.8, 4) is 6.07 Å². The molecule has 3 nitrogen and oxygen atoms in total. The second-order valence-electron chi connectivity index (χ2n) is 7.62. The topological polar surface area (TPSA) is 47.3 Å². The Morgan fingerprint density at radius 1 is 1.12 bits per heavy atom. The minimum absolute atomic E-state index is 0.0305. The predicted octanol–water partition coefficient (Wildman–Crippen LogP) is 3.91. The van der Waals surface area contributed by atoms with Crippen molar-refractivity contribution in [2.45, 2.75) is 56.3 Å². The molecule has 0 aliphatic carbocycles. The maximum atomic E-state index is 13.9. The van der Waals surface area contributed by atoms with Crippen molar-refractivity contribution in [3.05, 3.63) is 71.0 Å². The van der Waals surface area contributed by atoms with Crippen LogP contribution in [0.4, 0.5) is 4.39 Å². The molecule has 4 rings (SSSR count). The quantitative estimate of drug-likeness (QED) is 0.909. The van der Waals surface area contributed by atoms with Crippen molar-refractivity contribution < 1.29 is 9.50 Å². The van der Waals surface area contributed by atoms with Gasteiger partial charge in [-0.3, -0.25) is 4.90 Å². The Bertz CT molecular complexity index is 816. The number of benzene rings is 2. The lowest BCUT2D eigenvalue weighted by Crippen LogP contribution is -2.49. The Labute approximate surface area is 153 Å². The van der Waals surface area contributed by atoms with E-state index >= 15 is 0 Å². The van der Waals surface area contributed by atoms with Crippen LogP contribution in [-0.4, -0.2) is 22.1 Å². The van der Waals surface area contributed by atoms with Gasteiger partial charge in [-0.2, -0.15) is 5.26 Å². The second-order valence-corrected chi connectivity index (χ2v) is 7.62. The summed E-state index contributed by atoms with van der Waals surface area (Å²) < 4.78 is 13.9. The smallest absolute Gasteiger partial charge is 0.127 e. The van der Waals surface area contributed by atoms with E-state index in [1.807, 2.05) is 12.1 Å². The summed E-state index contributed by atoms with van der Waals surface area (Å²) in [5.41, 5.74) is 1.49. The van der Waals surface area contributed by atoms with E-state index in [-0.39, 0.29) is 12.2 Å². The molecule has 26 heavy (non-hydrogen) atoms. The fraction of sp³-hybridized carbons (Fsp3) is 0.409. The van der Waals surface area contributed by atoms with Crippen molar-refractivity contribution >= 4 is 0 Å². The van der Waals surface area contributed by atoms with Gasteiger partial charge in [0.25, 0.3) is 0 Å². The summed E-state index contributed by atoms with van der Waals surface area (Å²) in [4.78, 5) is 2.52. The summed E-state index contributed by atoms with van der Waals surface area (Å²) in [5.74, 6) is -0.372. The lowest BCUT2D eigenvalue weighted by atomic mass is 9.79. The molecule has 2 heterocycles. The zero-order valence-corrected chi connectivity index (χ0v) is 14.7. The standard InChI is InChI=1S/C22H23FN2O/c23-21-9-6-18(12-17(21)10-11-24)22(26)13-19-7-8-20(14-22)25(19)15-16-4-2-1-3-5-16/h1-6,9,12,19-20,26H,7-8,10,13-15H2. The molecule has 2 saturated heterocycles. The third-order valence-corrected chi connectivity index (χ3v) is 5.98. The van der Waals surface area contributed by atoms with E-state index in [9.17, 15) is 9.50 Å². The largest absolute Gasteiger partial charge is 0.385 e. The highest BCUT2D eigenvalue weighted by molar-refractivity contribution is 5.32. The van der Waals surface area contributed by atoms with Crippen LogP contribution >= 0.6 is 0 Å². The van der Waals surface area contributed by atoms with Gasteiger partial charge in [0.2, 0.25) is 0 Å². The summed E-state index contributed by atoms with van der Waals surface area (Å²) in [6.45, 7) is 0.912. The third-order valence-electron chi connectivity index (χ3n) is 5.98. The van der Waals surface area contributed by atoms with E-state index in [1.165, 1.54) is 11.6 Å². The monoisotopic (exact) mass is 350 g/mol. The molecule has 0 aromatic heterocycles. The van der Waals surface area contributed by atoms with E-state index in [0.29, 0.717) is 30.5 Å². The summed E-state index contributed by atoms with van der Waals surface area (Å²) in [7, 11) is 0. The predicted molar refractivity (Wildman–Crippen MR) is 97.6 cm³/mol. The summed E-state index contributed by atoms with van der Waals surface area (Å²) >= 11 is 0. The van der Waals surface area contributed by atoms with Gasteiger partial charge in [-0.1, -0.05) is 36.4 Å². The highest BCUT2D eigenvalue weighted by Gasteiger charge is 2.48. The first-order valence-corrected chi connectivity index (χ1v) is 9.27. The molecule has 1 N–H and O–H groups in total. The van der Waals surface area contributed by atoms with Crippen molar-refractivity contribution in [1.29, 1.82) is 5.26 Å². The maximum absolute atomic E-state index is 13.9. The van der Waals surface area contributed by atoms with Crippen LogP contribution < -0.4 is 0 Å². The van der Waals surface area contributed by atoms with Gasteiger partial charge >= 0.3 is 0 Å². The Morgan fingerprint density at radius 2 is 1.81 bits per heavy atom. The molecule has 2 aliphatic rings.